The molecule has 2 nitrogen and oxygen atoms in total. The summed E-state index contributed by atoms with van der Waals surface area (Å²) >= 11 is 0. The quantitative estimate of drug-likeness (QED) is 0.661. The third-order valence-corrected chi connectivity index (χ3v) is 2.17. The lowest BCUT2D eigenvalue weighted by Crippen LogP contribution is -1.88. The minimum Gasteiger partial charge on any atom is -0.494 e. The number of hydrogen-bond acceptors (Lipinski definition) is 2. The van der Waals surface area contributed by atoms with E-state index in [1.807, 2.05) is 18.2 Å². The third-order valence-electron chi connectivity index (χ3n) is 2.17. The number of ether oxygens (including phenoxy) is 1. The molecule has 2 heteroatoms. The average Bonchev–Trinajstić information content (AvgIpc) is 2.18. The van der Waals surface area contributed by atoms with Crippen molar-refractivity contribution in [1.82, 2.24) is 4.98 Å². The molecule has 0 unspecified atom stereocenters. The zero-order valence-corrected chi connectivity index (χ0v) is 7.74. The van der Waals surface area contributed by atoms with E-state index in [0.717, 1.165) is 16.7 Å². The van der Waals surface area contributed by atoms with Gasteiger partial charge in [0.25, 0.3) is 0 Å². The smallest absolute Gasteiger partial charge is 0.145 e. The van der Waals surface area contributed by atoms with Crippen molar-refractivity contribution >= 4 is 10.9 Å². The highest BCUT2D eigenvalue weighted by molar-refractivity contribution is 5.86. The molecule has 0 aliphatic heterocycles. The van der Waals surface area contributed by atoms with Gasteiger partial charge in [-0.15, -0.1) is 0 Å². The van der Waals surface area contributed by atoms with Crippen molar-refractivity contribution < 1.29 is 4.74 Å². The van der Waals surface area contributed by atoms with Crippen molar-refractivity contribution in [2.75, 3.05) is 7.11 Å². The van der Waals surface area contributed by atoms with Gasteiger partial charge in [-0.05, 0) is 24.6 Å². The second kappa shape index (κ2) is 3.05. The summed E-state index contributed by atoms with van der Waals surface area (Å²) in [6.45, 7) is 2.07. The number of methoxy groups -OCH3 is 1. The molecule has 0 amide bonds. The molecule has 0 spiro atoms. The van der Waals surface area contributed by atoms with Crippen LogP contribution in [0.4, 0.5) is 0 Å². The second-order valence-electron chi connectivity index (χ2n) is 2.98. The van der Waals surface area contributed by atoms with E-state index in [2.05, 4.69) is 18.0 Å². The Bertz CT molecular complexity index is 437. The lowest BCUT2D eigenvalue weighted by atomic mass is 10.1. The first-order valence-electron chi connectivity index (χ1n) is 4.21. The Morgan fingerprint density at radius 3 is 2.85 bits per heavy atom. The Balaban J connectivity index is 2.84. The molecule has 1 heterocycles. The third kappa shape index (κ3) is 1.24. The van der Waals surface area contributed by atoms with Gasteiger partial charge in [0, 0.05) is 11.6 Å². The van der Waals surface area contributed by atoms with Gasteiger partial charge in [-0.3, -0.25) is 4.98 Å². The fraction of sp³-hybridized carbons (Fsp3) is 0.182. The summed E-state index contributed by atoms with van der Waals surface area (Å²) in [6.07, 6.45) is 1.81. The SMILES string of the molecule is COc1cccc2c(C)ccnc12. The van der Waals surface area contributed by atoms with Crippen molar-refractivity contribution in [2.45, 2.75) is 6.92 Å². The number of hydrogen-bond donors (Lipinski definition) is 0. The Kier molecular flexibility index (Phi) is 1.89. The van der Waals surface area contributed by atoms with Crippen LogP contribution in [0, 0.1) is 6.92 Å². The van der Waals surface area contributed by atoms with Gasteiger partial charge < -0.3 is 4.74 Å². The predicted octanol–water partition coefficient (Wildman–Crippen LogP) is 2.55. The van der Waals surface area contributed by atoms with Gasteiger partial charge in [-0.1, -0.05) is 12.1 Å². The van der Waals surface area contributed by atoms with E-state index in [4.69, 9.17) is 4.74 Å². The van der Waals surface area contributed by atoms with E-state index in [9.17, 15) is 0 Å². The number of rotatable bonds is 1. The highest BCUT2D eigenvalue weighted by atomic mass is 16.5. The first-order valence-corrected chi connectivity index (χ1v) is 4.21. The first kappa shape index (κ1) is 8.05. The van der Waals surface area contributed by atoms with Crippen LogP contribution in [0.25, 0.3) is 10.9 Å². The van der Waals surface area contributed by atoms with Crippen molar-refractivity contribution in [3.8, 4) is 5.75 Å². The highest BCUT2D eigenvalue weighted by Crippen LogP contribution is 2.24. The fourth-order valence-electron chi connectivity index (χ4n) is 1.45. The lowest BCUT2D eigenvalue weighted by Gasteiger charge is -2.05. The van der Waals surface area contributed by atoms with Crippen LogP contribution in [-0.2, 0) is 0 Å². The molecule has 2 aromatic rings. The largest absolute Gasteiger partial charge is 0.494 e. The van der Waals surface area contributed by atoms with Crippen LogP contribution in [0.2, 0.25) is 0 Å². The molecule has 0 radical (unpaired) electrons. The maximum Gasteiger partial charge on any atom is 0.145 e. The van der Waals surface area contributed by atoms with E-state index in [0.29, 0.717) is 0 Å². The topological polar surface area (TPSA) is 22.1 Å². The fourth-order valence-corrected chi connectivity index (χ4v) is 1.45. The molecule has 13 heavy (non-hydrogen) atoms. The average molecular weight is 173 g/mol. The van der Waals surface area contributed by atoms with Gasteiger partial charge in [0.2, 0.25) is 0 Å². The predicted molar refractivity (Wildman–Crippen MR) is 53.0 cm³/mol. The molecule has 1 aromatic carbocycles. The van der Waals surface area contributed by atoms with Gasteiger partial charge in [0.1, 0.15) is 11.3 Å². The van der Waals surface area contributed by atoms with Gasteiger partial charge in [-0.25, -0.2) is 0 Å². The molecule has 0 N–H and O–H groups in total. The summed E-state index contributed by atoms with van der Waals surface area (Å²) in [7, 11) is 1.67. The van der Waals surface area contributed by atoms with Crippen molar-refractivity contribution in [3.63, 3.8) is 0 Å². The summed E-state index contributed by atoms with van der Waals surface area (Å²) in [4.78, 5) is 4.29. The molecule has 0 fully saturated rings. The number of benzene rings is 1. The van der Waals surface area contributed by atoms with Crippen molar-refractivity contribution in [1.29, 1.82) is 0 Å². The molecule has 0 saturated heterocycles. The highest BCUT2D eigenvalue weighted by Gasteiger charge is 2.02. The van der Waals surface area contributed by atoms with Crippen LogP contribution < -0.4 is 4.74 Å². The number of aromatic nitrogens is 1. The van der Waals surface area contributed by atoms with Crippen LogP contribution in [0.15, 0.2) is 30.5 Å². The number of pyridine rings is 1. The molecule has 1 aromatic heterocycles. The molecular weight excluding hydrogens is 162 g/mol. The van der Waals surface area contributed by atoms with Crippen LogP contribution in [0.3, 0.4) is 0 Å². The van der Waals surface area contributed by atoms with Crippen LogP contribution >= 0.6 is 0 Å². The zero-order chi connectivity index (χ0) is 9.26. The second-order valence-corrected chi connectivity index (χ2v) is 2.98. The number of nitrogens with zero attached hydrogens (tertiary/aromatic N) is 1. The number of aryl methyl sites for hydroxylation is 1. The minimum atomic E-state index is 0.834. The Labute approximate surface area is 77.2 Å². The van der Waals surface area contributed by atoms with Gasteiger partial charge in [0.15, 0.2) is 0 Å². The first-order chi connectivity index (χ1) is 6.33. The van der Waals surface area contributed by atoms with Crippen LogP contribution in [0.5, 0.6) is 5.75 Å². The summed E-state index contributed by atoms with van der Waals surface area (Å²) in [5.74, 6) is 0.834. The van der Waals surface area contributed by atoms with Gasteiger partial charge >= 0.3 is 0 Å². The number of fused-ring (bicyclic) bond motifs is 1. The minimum absolute atomic E-state index is 0.834. The maximum absolute atomic E-state index is 5.22. The molecule has 0 aliphatic carbocycles. The lowest BCUT2D eigenvalue weighted by molar-refractivity contribution is 0.419. The Hall–Kier alpha value is -1.57. The van der Waals surface area contributed by atoms with Crippen LogP contribution in [0.1, 0.15) is 5.56 Å². The van der Waals surface area contributed by atoms with Crippen LogP contribution in [-0.4, -0.2) is 12.1 Å². The standard InChI is InChI=1S/C11H11NO/c1-8-6-7-12-11-9(8)4-3-5-10(11)13-2/h3-7H,1-2H3. The Morgan fingerprint density at radius 2 is 2.08 bits per heavy atom. The monoisotopic (exact) mass is 173 g/mol. The van der Waals surface area contributed by atoms with E-state index in [1.165, 1.54) is 5.56 Å². The molecule has 66 valence electrons. The molecule has 2 rings (SSSR count). The number of para-hydroxylation sites is 1. The molecule has 0 saturated carbocycles. The maximum atomic E-state index is 5.22. The van der Waals surface area contributed by atoms with E-state index in [-0.39, 0.29) is 0 Å². The zero-order valence-electron chi connectivity index (χ0n) is 7.74. The van der Waals surface area contributed by atoms with E-state index < -0.39 is 0 Å². The summed E-state index contributed by atoms with van der Waals surface area (Å²) in [5.41, 5.74) is 2.16. The van der Waals surface area contributed by atoms with Crippen molar-refractivity contribution in [2.24, 2.45) is 0 Å². The molecular formula is C11H11NO. The summed E-state index contributed by atoms with van der Waals surface area (Å²) < 4.78 is 5.22. The molecule has 0 bridgehead atoms. The molecule has 0 atom stereocenters. The Morgan fingerprint density at radius 1 is 1.23 bits per heavy atom. The summed E-state index contributed by atoms with van der Waals surface area (Å²) in [6, 6.07) is 7.96. The van der Waals surface area contributed by atoms with Gasteiger partial charge in [-0.2, -0.15) is 0 Å². The van der Waals surface area contributed by atoms with Gasteiger partial charge in [0.05, 0.1) is 7.11 Å². The molecule has 0 aliphatic rings. The normalized spacial score (nSPS) is 10.3. The van der Waals surface area contributed by atoms with E-state index >= 15 is 0 Å². The summed E-state index contributed by atoms with van der Waals surface area (Å²) in [5, 5.41) is 1.15. The van der Waals surface area contributed by atoms with E-state index in [1.54, 1.807) is 13.3 Å². The van der Waals surface area contributed by atoms with Crippen molar-refractivity contribution in [3.05, 3.63) is 36.0 Å².